The Morgan fingerprint density at radius 2 is 1.65 bits per heavy atom. The zero-order valence-electron chi connectivity index (χ0n) is 16.8. The Balaban J connectivity index is 2.09. The number of fused-ring (bicyclic) bond motifs is 3. The van der Waals surface area contributed by atoms with E-state index in [1.807, 2.05) is 0 Å². The monoisotopic (exact) mass is 433 g/mol. The molecular formula is C21H18F3N3O4. The standard InChI is InChI=1S/C21H18F3N3O4/c1-26-14-6-4-5-7-15(14)27-17(26)16(18(28)31-3)20(21(22,23)24,25-19(27)29)12-8-10-13(30-2)11-9-12/h4-11H,1-3H3,(H,25,29)/t20-/m1/s1. The van der Waals surface area contributed by atoms with Crippen molar-refractivity contribution in [2.75, 3.05) is 31.1 Å². The van der Waals surface area contributed by atoms with Gasteiger partial charge in [-0.1, -0.05) is 24.3 Å². The summed E-state index contributed by atoms with van der Waals surface area (Å²) in [7, 11) is 3.86. The predicted molar refractivity (Wildman–Crippen MR) is 106 cm³/mol. The van der Waals surface area contributed by atoms with Gasteiger partial charge in [0.15, 0.2) is 5.54 Å². The van der Waals surface area contributed by atoms with Gasteiger partial charge in [-0.3, -0.25) is 0 Å². The number of ether oxygens (including phenoxy) is 2. The summed E-state index contributed by atoms with van der Waals surface area (Å²) in [5, 5.41) is 2.06. The number of carbonyl (C=O) groups excluding carboxylic acids is 2. The van der Waals surface area contributed by atoms with Crippen LogP contribution in [-0.4, -0.2) is 39.4 Å². The van der Waals surface area contributed by atoms with E-state index in [9.17, 15) is 22.8 Å². The molecule has 0 saturated heterocycles. The molecular weight excluding hydrogens is 415 g/mol. The first-order chi connectivity index (χ1) is 14.7. The number of urea groups is 1. The number of carbonyl (C=O) groups is 2. The van der Waals surface area contributed by atoms with E-state index in [1.165, 1.54) is 31.2 Å². The molecule has 0 spiro atoms. The van der Waals surface area contributed by atoms with Gasteiger partial charge in [0.25, 0.3) is 0 Å². The van der Waals surface area contributed by atoms with E-state index in [4.69, 9.17) is 9.47 Å². The van der Waals surface area contributed by atoms with Crippen molar-refractivity contribution in [2.45, 2.75) is 11.7 Å². The maximum absolute atomic E-state index is 14.8. The number of anilines is 2. The quantitative estimate of drug-likeness (QED) is 0.751. The largest absolute Gasteiger partial charge is 0.497 e. The molecule has 4 rings (SSSR count). The fourth-order valence-electron chi connectivity index (χ4n) is 4.03. The number of hydrogen-bond acceptors (Lipinski definition) is 5. The van der Waals surface area contributed by atoms with E-state index in [1.54, 1.807) is 24.3 Å². The predicted octanol–water partition coefficient (Wildman–Crippen LogP) is 3.52. The number of alkyl halides is 3. The summed E-state index contributed by atoms with van der Waals surface area (Å²) in [4.78, 5) is 28.4. The molecule has 0 radical (unpaired) electrons. The topological polar surface area (TPSA) is 71.1 Å². The fourth-order valence-corrected chi connectivity index (χ4v) is 4.03. The van der Waals surface area contributed by atoms with Crippen molar-refractivity contribution >= 4 is 23.4 Å². The second-order valence-corrected chi connectivity index (χ2v) is 6.98. The summed E-state index contributed by atoms with van der Waals surface area (Å²) in [5.74, 6) is -1.11. The molecule has 2 aliphatic heterocycles. The van der Waals surface area contributed by atoms with Crippen LogP contribution in [0.3, 0.4) is 0 Å². The Morgan fingerprint density at radius 3 is 2.19 bits per heavy atom. The first-order valence-corrected chi connectivity index (χ1v) is 9.16. The lowest BCUT2D eigenvalue weighted by molar-refractivity contribution is -0.190. The minimum absolute atomic E-state index is 0.218. The summed E-state index contributed by atoms with van der Waals surface area (Å²) in [6, 6.07) is 10.5. The first-order valence-electron chi connectivity index (χ1n) is 9.16. The lowest BCUT2D eigenvalue weighted by atomic mass is 9.79. The van der Waals surface area contributed by atoms with E-state index in [2.05, 4.69) is 5.32 Å². The average molecular weight is 433 g/mol. The van der Waals surface area contributed by atoms with Crippen molar-refractivity contribution in [3.63, 3.8) is 0 Å². The van der Waals surface area contributed by atoms with Crippen molar-refractivity contribution in [2.24, 2.45) is 0 Å². The Bertz CT molecular complexity index is 1100. The normalized spacial score (nSPS) is 20.3. The highest BCUT2D eigenvalue weighted by Crippen LogP contribution is 2.53. The highest BCUT2D eigenvalue weighted by molar-refractivity contribution is 6.10. The molecule has 0 unspecified atom stereocenters. The molecule has 1 atom stereocenters. The van der Waals surface area contributed by atoms with Crippen LogP contribution in [0.15, 0.2) is 59.9 Å². The molecule has 1 N–H and O–H groups in total. The van der Waals surface area contributed by atoms with Crippen molar-refractivity contribution in [1.29, 1.82) is 0 Å². The molecule has 0 aliphatic carbocycles. The van der Waals surface area contributed by atoms with Gasteiger partial charge < -0.3 is 19.7 Å². The van der Waals surface area contributed by atoms with Gasteiger partial charge in [0.05, 0.1) is 25.6 Å². The van der Waals surface area contributed by atoms with Gasteiger partial charge in [0.1, 0.15) is 17.1 Å². The molecule has 10 heteroatoms. The number of rotatable bonds is 3. The number of para-hydroxylation sites is 2. The molecule has 0 saturated carbocycles. The summed E-state index contributed by atoms with van der Waals surface area (Å²) < 4.78 is 54.1. The van der Waals surface area contributed by atoms with E-state index < -0.39 is 29.3 Å². The third-order valence-corrected chi connectivity index (χ3v) is 5.45. The molecule has 7 nitrogen and oxygen atoms in total. The van der Waals surface area contributed by atoms with Gasteiger partial charge in [-0.2, -0.15) is 13.2 Å². The number of hydrogen-bond donors (Lipinski definition) is 1. The smallest absolute Gasteiger partial charge is 0.420 e. The first kappa shape index (κ1) is 20.6. The summed E-state index contributed by atoms with van der Waals surface area (Å²) in [5.41, 5.74) is -3.41. The lowest BCUT2D eigenvalue weighted by Gasteiger charge is -2.44. The number of esters is 1. The average Bonchev–Trinajstić information content (AvgIpc) is 3.05. The maximum atomic E-state index is 14.8. The van der Waals surface area contributed by atoms with Crippen LogP contribution < -0.4 is 19.9 Å². The number of benzene rings is 2. The summed E-state index contributed by atoms with van der Waals surface area (Å²) >= 11 is 0. The van der Waals surface area contributed by atoms with Crippen LogP contribution in [0, 0.1) is 0 Å². The van der Waals surface area contributed by atoms with Crippen LogP contribution in [-0.2, 0) is 15.1 Å². The molecule has 0 bridgehead atoms. The van der Waals surface area contributed by atoms with Crippen LogP contribution in [0.2, 0.25) is 0 Å². The molecule has 2 aromatic rings. The minimum Gasteiger partial charge on any atom is -0.497 e. The van der Waals surface area contributed by atoms with Crippen molar-refractivity contribution < 1.29 is 32.2 Å². The minimum atomic E-state index is -5.07. The van der Waals surface area contributed by atoms with Crippen molar-refractivity contribution in [3.05, 3.63) is 65.5 Å². The zero-order valence-corrected chi connectivity index (χ0v) is 16.8. The SMILES string of the molecule is COC(=O)C1=C2N(C)c3ccccc3N2C(=O)N[C@@]1(c1ccc(OC)cc1)C(F)(F)F. The Kier molecular flexibility index (Phi) is 4.60. The number of nitrogens with zero attached hydrogens (tertiary/aromatic N) is 2. The lowest BCUT2D eigenvalue weighted by Crippen LogP contribution is -2.65. The maximum Gasteiger partial charge on any atom is 0.420 e. The van der Waals surface area contributed by atoms with Crippen LogP contribution >= 0.6 is 0 Å². The molecule has 2 aliphatic rings. The van der Waals surface area contributed by atoms with Gasteiger partial charge in [-0.05, 0) is 29.8 Å². The number of amides is 2. The van der Waals surface area contributed by atoms with Gasteiger partial charge in [0, 0.05) is 7.05 Å². The molecule has 2 aromatic carbocycles. The van der Waals surface area contributed by atoms with Crippen LogP contribution in [0.5, 0.6) is 5.75 Å². The molecule has 31 heavy (non-hydrogen) atoms. The molecule has 2 amide bonds. The van der Waals surface area contributed by atoms with Crippen LogP contribution in [0.1, 0.15) is 5.56 Å². The van der Waals surface area contributed by atoms with Crippen LogP contribution in [0.25, 0.3) is 0 Å². The third-order valence-electron chi connectivity index (χ3n) is 5.45. The highest BCUT2D eigenvalue weighted by atomic mass is 19.4. The highest BCUT2D eigenvalue weighted by Gasteiger charge is 2.66. The number of nitrogens with one attached hydrogen (secondary N) is 1. The number of methoxy groups -OCH3 is 2. The number of halogens is 3. The Labute approximate surface area is 175 Å². The molecule has 0 fully saturated rings. The summed E-state index contributed by atoms with van der Waals surface area (Å²) in [6.45, 7) is 0. The van der Waals surface area contributed by atoms with Gasteiger partial charge in [-0.15, -0.1) is 0 Å². The Hall–Kier alpha value is -3.69. The van der Waals surface area contributed by atoms with Gasteiger partial charge in [0.2, 0.25) is 0 Å². The zero-order chi connectivity index (χ0) is 22.6. The van der Waals surface area contributed by atoms with Gasteiger partial charge >= 0.3 is 18.2 Å². The van der Waals surface area contributed by atoms with Crippen molar-refractivity contribution in [3.8, 4) is 5.75 Å². The summed E-state index contributed by atoms with van der Waals surface area (Å²) in [6.07, 6.45) is -5.07. The van der Waals surface area contributed by atoms with E-state index >= 15 is 0 Å². The van der Waals surface area contributed by atoms with Gasteiger partial charge in [-0.25, -0.2) is 14.5 Å². The second-order valence-electron chi connectivity index (χ2n) is 6.98. The fraction of sp³-hybridized carbons (Fsp3) is 0.238. The van der Waals surface area contributed by atoms with E-state index in [0.717, 1.165) is 24.1 Å². The molecule has 2 heterocycles. The van der Waals surface area contributed by atoms with E-state index in [-0.39, 0.29) is 11.4 Å². The third kappa shape index (κ3) is 2.74. The molecule has 162 valence electrons. The Morgan fingerprint density at radius 1 is 1.03 bits per heavy atom. The van der Waals surface area contributed by atoms with Crippen LogP contribution in [0.4, 0.5) is 29.3 Å². The molecule has 0 aromatic heterocycles. The van der Waals surface area contributed by atoms with E-state index in [0.29, 0.717) is 17.1 Å². The van der Waals surface area contributed by atoms with Crippen molar-refractivity contribution in [1.82, 2.24) is 5.32 Å². The second kappa shape index (κ2) is 6.93.